The third kappa shape index (κ3) is 10.6. The van der Waals surface area contributed by atoms with E-state index in [9.17, 15) is 29.0 Å². The Morgan fingerprint density at radius 2 is 1.96 bits per heavy atom. The molecule has 0 saturated carbocycles. The van der Waals surface area contributed by atoms with Crippen molar-refractivity contribution in [1.29, 1.82) is 0 Å². The predicted octanol–water partition coefficient (Wildman–Crippen LogP) is 3.06. The van der Waals surface area contributed by atoms with E-state index >= 15 is 0 Å². The molecule has 1 aliphatic heterocycles. The number of phenolic OH excluding ortho intramolecular Hbond substituents is 1. The quantitative estimate of drug-likeness (QED) is 0.0199. The molecule has 18 heteroatoms. The zero-order chi connectivity index (χ0) is 39.4. The van der Waals surface area contributed by atoms with Gasteiger partial charge in [-0.3, -0.25) is 14.4 Å². The normalized spacial score (nSPS) is 13.3. The highest BCUT2D eigenvalue weighted by Crippen LogP contribution is 2.42. The number of aliphatic imine (C=N–C) groups is 1. The summed E-state index contributed by atoms with van der Waals surface area (Å²) in [5.41, 5.74) is 3.90. The zero-order valence-corrected chi connectivity index (χ0v) is 32.7. The largest absolute Gasteiger partial charge is 0.506 e. The number of rotatable bonds is 17. The Balaban J connectivity index is 1.81. The van der Waals surface area contributed by atoms with Crippen LogP contribution < -0.4 is 16.0 Å². The van der Waals surface area contributed by atoms with Crippen molar-refractivity contribution in [3.8, 4) is 11.5 Å². The van der Waals surface area contributed by atoms with Crippen LogP contribution >= 0.6 is 18.5 Å². The monoisotopic (exact) mass is 781 g/mol. The van der Waals surface area contributed by atoms with Crippen molar-refractivity contribution in [2.75, 3.05) is 45.2 Å². The lowest BCUT2D eigenvalue weighted by molar-refractivity contribution is -0.132. The maximum Gasteiger partial charge on any atom is 0.292 e. The van der Waals surface area contributed by atoms with Crippen molar-refractivity contribution in [3.05, 3.63) is 87.8 Å². The Hall–Kier alpha value is -5.04. The molecule has 0 saturated heterocycles. The van der Waals surface area contributed by atoms with Gasteiger partial charge in [-0.2, -0.15) is 0 Å². The fourth-order valence-corrected chi connectivity index (χ4v) is 6.18. The van der Waals surface area contributed by atoms with Gasteiger partial charge in [0.15, 0.2) is 16.7 Å². The van der Waals surface area contributed by atoms with Crippen molar-refractivity contribution in [2.45, 2.75) is 44.9 Å². The summed E-state index contributed by atoms with van der Waals surface area (Å²) in [6, 6.07) is 9.53. The lowest BCUT2D eigenvalue weighted by Gasteiger charge is -2.31. The van der Waals surface area contributed by atoms with E-state index in [0.29, 0.717) is 48.5 Å². The molecule has 15 nitrogen and oxygen atoms in total. The molecule has 2 unspecified atom stereocenters. The number of amidine groups is 1. The molecule has 3 amide bonds. The van der Waals surface area contributed by atoms with Gasteiger partial charge in [-0.25, -0.2) is 24.4 Å². The molecule has 0 radical (unpaired) electrons. The first-order valence-electron chi connectivity index (χ1n) is 17.1. The zero-order valence-electron chi connectivity index (χ0n) is 30.4. The van der Waals surface area contributed by atoms with Crippen LogP contribution in [0.3, 0.4) is 0 Å². The number of hydrogen-bond donors (Lipinski definition) is 5. The number of aryl methyl sites for hydroxylation is 1. The molecule has 5 N–H and O–H groups in total. The van der Waals surface area contributed by atoms with Gasteiger partial charge < -0.3 is 35.8 Å². The predicted molar refractivity (Wildman–Crippen MR) is 211 cm³/mol. The molecule has 0 aliphatic carbocycles. The van der Waals surface area contributed by atoms with Crippen molar-refractivity contribution in [1.82, 2.24) is 30.5 Å². The molecule has 288 valence electrons. The fraction of sp³-hybridized carbons (Fsp3) is 0.361. The third-order valence-electron chi connectivity index (χ3n) is 8.65. The van der Waals surface area contributed by atoms with Crippen LogP contribution in [0.2, 0.25) is 0 Å². The average molecular weight is 782 g/mol. The average Bonchev–Trinajstić information content (AvgIpc) is 3.15. The number of fused-ring (bicyclic) bond motifs is 1. The Morgan fingerprint density at radius 1 is 1.19 bits per heavy atom. The Morgan fingerprint density at radius 3 is 2.63 bits per heavy atom. The standard InChI is InChI=1S/C36H46FN9O6P2/c1-5-27(38-3)32(45(15-13-40-21-47)14-11-29-33(50)22(2)41-20-42-29)35(51)46(18-31(49)43-28-10-9-24(17-30(28)48)36(37,53)54)44-34(39-4)25-8-6-7-23-12-16-52-19-26(23)25/h6-10,17,20-21,38,48,50H,4-5,11-16,18-19,53-54H2,1-3H3,(H,40,47)(H,43,49)/b32-27+,44-34-. The maximum absolute atomic E-state index is 14.9. The van der Waals surface area contributed by atoms with Crippen molar-refractivity contribution in [3.63, 3.8) is 0 Å². The molecule has 1 aliphatic rings. The number of allylic oxidation sites excluding steroid dienone is 1. The number of nitrogens with one attached hydrogen (secondary N) is 3. The lowest BCUT2D eigenvalue weighted by atomic mass is 9.97. The van der Waals surface area contributed by atoms with E-state index in [2.05, 4.69) is 42.7 Å². The van der Waals surface area contributed by atoms with Gasteiger partial charge in [-0.1, -0.05) is 49.7 Å². The highest BCUT2D eigenvalue weighted by molar-refractivity contribution is 7.38. The second-order valence-electron chi connectivity index (χ2n) is 12.2. The minimum absolute atomic E-state index is 0.0162. The number of aromatic nitrogens is 2. The number of benzene rings is 2. The first-order valence-corrected chi connectivity index (χ1v) is 18.3. The Kier molecular flexibility index (Phi) is 14.9. The lowest BCUT2D eigenvalue weighted by Crippen LogP contribution is -2.44. The van der Waals surface area contributed by atoms with Crippen LogP contribution in [0, 0.1) is 6.92 Å². The summed E-state index contributed by atoms with van der Waals surface area (Å²) >= 11 is 0. The minimum atomic E-state index is -1.90. The Labute approximate surface area is 318 Å². The number of amides is 3. The fourth-order valence-electron chi connectivity index (χ4n) is 5.82. The molecular weight excluding hydrogens is 735 g/mol. The molecule has 54 heavy (non-hydrogen) atoms. The van der Waals surface area contributed by atoms with Gasteiger partial charge in [0, 0.05) is 49.9 Å². The number of anilines is 1. The number of alkyl halides is 1. The summed E-state index contributed by atoms with van der Waals surface area (Å²) in [6.07, 6.45) is 3.09. The molecule has 0 spiro atoms. The number of hydrazone groups is 1. The minimum Gasteiger partial charge on any atom is -0.506 e. The van der Waals surface area contributed by atoms with E-state index in [1.807, 2.05) is 37.5 Å². The van der Waals surface area contributed by atoms with Crippen LogP contribution in [0.1, 0.15) is 47.0 Å². The first-order chi connectivity index (χ1) is 25.8. The summed E-state index contributed by atoms with van der Waals surface area (Å²) in [4.78, 5) is 54.0. The van der Waals surface area contributed by atoms with Gasteiger partial charge in [-0.05, 0) is 49.7 Å². The van der Waals surface area contributed by atoms with Crippen LogP contribution in [0.25, 0.3) is 0 Å². The van der Waals surface area contributed by atoms with Crippen LogP contribution in [0.4, 0.5) is 10.1 Å². The van der Waals surface area contributed by atoms with Crippen LogP contribution in [-0.4, -0.2) is 101 Å². The van der Waals surface area contributed by atoms with Crippen LogP contribution in [0.15, 0.2) is 64.2 Å². The van der Waals surface area contributed by atoms with E-state index in [0.717, 1.165) is 16.1 Å². The second kappa shape index (κ2) is 19.3. The van der Waals surface area contributed by atoms with Gasteiger partial charge in [0.05, 0.1) is 30.3 Å². The highest BCUT2D eigenvalue weighted by atomic mass is 31.1. The van der Waals surface area contributed by atoms with Crippen molar-refractivity contribution < 1.29 is 33.7 Å². The van der Waals surface area contributed by atoms with E-state index in [1.54, 1.807) is 24.9 Å². The molecule has 2 atom stereocenters. The molecule has 2 heterocycles. The van der Waals surface area contributed by atoms with E-state index in [-0.39, 0.29) is 66.9 Å². The number of hydrogen-bond acceptors (Lipinski definition) is 11. The SMILES string of the molecule is C=N/C(=N\N(CC(=O)Nc1ccc(C(F)(P)P)cc1O)C(=O)/C(=C(/CC)NC)N(CCNC=O)CCc1ncnc(C)c1O)c1cccc2c1COCC2. The number of aromatic hydroxyl groups is 2. The summed E-state index contributed by atoms with van der Waals surface area (Å²) in [5, 5.41) is 33.3. The number of phenols is 1. The van der Waals surface area contributed by atoms with Crippen molar-refractivity contribution >= 4 is 54.9 Å². The third-order valence-corrected chi connectivity index (χ3v) is 9.32. The molecule has 2 aromatic carbocycles. The molecule has 3 aromatic rings. The number of carbonyl (C=O) groups excluding carboxylic acids is 3. The van der Waals surface area contributed by atoms with Gasteiger partial charge in [0.25, 0.3) is 5.91 Å². The molecule has 4 rings (SSSR count). The number of nitrogens with zero attached hydrogens (tertiary/aromatic N) is 6. The topological polar surface area (TPSA) is 194 Å². The number of ether oxygens (including phenoxy) is 1. The van der Waals surface area contributed by atoms with Gasteiger partial charge in [0.1, 0.15) is 24.3 Å². The van der Waals surface area contributed by atoms with Crippen molar-refractivity contribution in [2.24, 2.45) is 10.1 Å². The molecule has 0 bridgehead atoms. The van der Waals surface area contributed by atoms with Gasteiger partial charge >= 0.3 is 0 Å². The molecule has 1 aromatic heterocycles. The molecule has 0 fully saturated rings. The molecular formula is C36H46FN9O6P2. The summed E-state index contributed by atoms with van der Waals surface area (Å²) < 4.78 is 20.2. The summed E-state index contributed by atoms with van der Waals surface area (Å²) in [5.74, 6) is -1.85. The summed E-state index contributed by atoms with van der Waals surface area (Å²) in [6.45, 7) is 7.84. The maximum atomic E-state index is 14.9. The van der Waals surface area contributed by atoms with E-state index in [1.165, 1.54) is 24.5 Å². The van der Waals surface area contributed by atoms with E-state index in [4.69, 9.17) is 4.74 Å². The van der Waals surface area contributed by atoms with Gasteiger partial charge in [0.2, 0.25) is 12.3 Å². The summed E-state index contributed by atoms with van der Waals surface area (Å²) in [7, 11) is 5.67. The number of halogens is 1. The second-order valence-corrected chi connectivity index (χ2v) is 14.6. The highest BCUT2D eigenvalue weighted by Gasteiger charge is 2.30. The van der Waals surface area contributed by atoms with Crippen LogP contribution in [-0.2, 0) is 43.7 Å². The Bertz CT molecular complexity index is 1920. The van der Waals surface area contributed by atoms with E-state index < -0.39 is 23.5 Å². The first kappa shape index (κ1) is 41.7. The van der Waals surface area contributed by atoms with Gasteiger partial charge in [-0.15, -0.1) is 5.10 Å². The number of carbonyl (C=O) groups is 3. The smallest absolute Gasteiger partial charge is 0.292 e. The van der Waals surface area contributed by atoms with Crippen LogP contribution in [0.5, 0.6) is 11.5 Å².